The molecule has 0 bridgehead atoms. The molecule has 0 aliphatic heterocycles. The van der Waals surface area contributed by atoms with Crippen LogP contribution in [0.2, 0.25) is 0 Å². The summed E-state index contributed by atoms with van der Waals surface area (Å²) in [6.45, 7) is 1.98. The van der Waals surface area contributed by atoms with Gasteiger partial charge in [0, 0.05) is 11.6 Å². The fourth-order valence-corrected chi connectivity index (χ4v) is 1.87. The molecule has 1 aromatic carbocycles. The van der Waals surface area contributed by atoms with E-state index in [0.29, 0.717) is 0 Å². The predicted octanol–water partition coefficient (Wildman–Crippen LogP) is 2.45. The van der Waals surface area contributed by atoms with Gasteiger partial charge >= 0.3 is 0 Å². The Morgan fingerprint density at radius 2 is 2.00 bits per heavy atom. The highest BCUT2D eigenvalue weighted by Gasteiger charge is 2.14. The van der Waals surface area contributed by atoms with E-state index >= 15 is 0 Å². The Labute approximate surface area is 77.1 Å². The second-order valence-electron chi connectivity index (χ2n) is 3.42. The van der Waals surface area contributed by atoms with Gasteiger partial charge in [0.25, 0.3) is 0 Å². The molecule has 2 N–H and O–H groups in total. The molecule has 0 atom stereocenters. The van der Waals surface area contributed by atoms with Crippen molar-refractivity contribution in [1.82, 2.24) is 0 Å². The Morgan fingerprint density at radius 1 is 1.23 bits per heavy atom. The molecule has 0 aromatic heterocycles. The van der Waals surface area contributed by atoms with Crippen molar-refractivity contribution in [2.75, 3.05) is 0 Å². The number of phenolic OH excluding ortho intramolecular Hbond substituents is 2. The number of hydrogen-bond acceptors (Lipinski definition) is 2. The van der Waals surface area contributed by atoms with Crippen LogP contribution in [0.15, 0.2) is 18.2 Å². The smallest absolute Gasteiger partial charge is 0.127 e. The lowest BCUT2D eigenvalue weighted by Crippen LogP contribution is -1.97. The number of allylic oxidation sites excluding steroid dienone is 2. The third kappa shape index (κ3) is 1.28. The van der Waals surface area contributed by atoms with E-state index in [9.17, 15) is 10.2 Å². The van der Waals surface area contributed by atoms with Crippen molar-refractivity contribution in [3.63, 3.8) is 0 Å². The summed E-state index contributed by atoms with van der Waals surface area (Å²) in [6.07, 6.45) is 4.00. The molecule has 2 nitrogen and oxygen atoms in total. The summed E-state index contributed by atoms with van der Waals surface area (Å²) >= 11 is 0. The lowest BCUT2D eigenvalue weighted by Gasteiger charge is -2.16. The number of aromatic hydroxyl groups is 2. The number of phenols is 2. The summed E-state index contributed by atoms with van der Waals surface area (Å²) in [7, 11) is 0. The van der Waals surface area contributed by atoms with Crippen molar-refractivity contribution in [1.29, 1.82) is 0 Å². The van der Waals surface area contributed by atoms with Gasteiger partial charge in [-0.15, -0.1) is 0 Å². The second kappa shape index (κ2) is 2.80. The maximum Gasteiger partial charge on any atom is 0.127 e. The van der Waals surface area contributed by atoms with Crippen LogP contribution < -0.4 is 0 Å². The summed E-state index contributed by atoms with van der Waals surface area (Å²) in [5.74, 6) is 0.328. The van der Waals surface area contributed by atoms with Crippen LogP contribution in [0.1, 0.15) is 24.5 Å². The van der Waals surface area contributed by atoms with Gasteiger partial charge in [-0.3, -0.25) is 0 Å². The zero-order chi connectivity index (χ0) is 9.42. The van der Waals surface area contributed by atoms with E-state index in [0.717, 1.165) is 29.5 Å². The van der Waals surface area contributed by atoms with E-state index in [1.807, 2.05) is 6.92 Å². The van der Waals surface area contributed by atoms with Crippen molar-refractivity contribution >= 4 is 5.57 Å². The number of hydrogen-bond donors (Lipinski definition) is 2. The number of aryl methyl sites for hydroxylation is 1. The minimum absolute atomic E-state index is 0.144. The maximum atomic E-state index is 9.61. The zero-order valence-corrected chi connectivity index (χ0v) is 7.54. The minimum atomic E-state index is 0.144. The van der Waals surface area contributed by atoms with Gasteiger partial charge in [-0.25, -0.2) is 0 Å². The molecule has 2 rings (SSSR count). The van der Waals surface area contributed by atoms with Crippen LogP contribution in [0, 0.1) is 0 Å². The van der Waals surface area contributed by atoms with Crippen LogP contribution in [0.5, 0.6) is 11.5 Å². The molecule has 0 saturated heterocycles. The van der Waals surface area contributed by atoms with E-state index in [1.165, 1.54) is 6.07 Å². The van der Waals surface area contributed by atoms with Crippen molar-refractivity contribution in [3.8, 4) is 11.5 Å². The average molecular weight is 176 g/mol. The lowest BCUT2D eigenvalue weighted by atomic mass is 9.91. The third-order valence-electron chi connectivity index (χ3n) is 2.44. The third-order valence-corrected chi connectivity index (χ3v) is 2.44. The minimum Gasteiger partial charge on any atom is -0.508 e. The summed E-state index contributed by atoms with van der Waals surface area (Å²) in [4.78, 5) is 0. The van der Waals surface area contributed by atoms with Crippen molar-refractivity contribution in [3.05, 3.63) is 29.3 Å². The van der Waals surface area contributed by atoms with Crippen LogP contribution in [-0.4, -0.2) is 10.2 Å². The standard InChI is InChI=1S/C11H12O2/c1-7-3-2-4-8-5-9(12)6-10(13)11(7)8/h3,5-6,12-13H,2,4H2,1H3. The highest BCUT2D eigenvalue weighted by molar-refractivity contribution is 5.74. The highest BCUT2D eigenvalue weighted by Crippen LogP contribution is 2.36. The number of benzene rings is 1. The molecule has 0 saturated carbocycles. The normalized spacial score (nSPS) is 15.0. The van der Waals surface area contributed by atoms with Crippen LogP contribution in [0.25, 0.3) is 5.57 Å². The zero-order valence-electron chi connectivity index (χ0n) is 7.54. The average Bonchev–Trinajstić information content (AvgIpc) is 2.02. The Hall–Kier alpha value is -1.44. The molecule has 0 unspecified atom stereocenters. The second-order valence-corrected chi connectivity index (χ2v) is 3.42. The molecule has 1 aromatic rings. The molecular weight excluding hydrogens is 164 g/mol. The van der Waals surface area contributed by atoms with Gasteiger partial charge in [0.2, 0.25) is 0 Å². The van der Waals surface area contributed by atoms with Gasteiger partial charge in [-0.05, 0) is 37.0 Å². The fourth-order valence-electron chi connectivity index (χ4n) is 1.87. The molecule has 68 valence electrons. The summed E-state index contributed by atoms with van der Waals surface area (Å²) in [6, 6.07) is 3.12. The predicted molar refractivity (Wildman–Crippen MR) is 51.7 cm³/mol. The Bertz CT molecular complexity index is 378. The van der Waals surface area contributed by atoms with Gasteiger partial charge in [-0.2, -0.15) is 0 Å². The van der Waals surface area contributed by atoms with Gasteiger partial charge in [0.1, 0.15) is 11.5 Å². The first-order chi connectivity index (χ1) is 6.18. The quantitative estimate of drug-likeness (QED) is 0.637. The highest BCUT2D eigenvalue weighted by atomic mass is 16.3. The molecule has 13 heavy (non-hydrogen) atoms. The fraction of sp³-hybridized carbons (Fsp3) is 0.273. The first-order valence-corrected chi connectivity index (χ1v) is 4.40. The van der Waals surface area contributed by atoms with Crippen LogP contribution in [0.4, 0.5) is 0 Å². The van der Waals surface area contributed by atoms with E-state index < -0.39 is 0 Å². The molecule has 0 amide bonds. The van der Waals surface area contributed by atoms with E-state index in [2.05, 4.69) is 6.08 Å². The topological polar surface area (TPSA) is 40.5 Å². The molecule has 0 heterocycles. The van der Waals surface area contributed by atoms with Crippen molar-refractivity contribution in [2.45, 2.75) is 19.8 Å². The summed E-state index contributed by atoms with van der Waals surface area (Å²) in [5.41, 5.74) is 3.03. The molecule has 2 heteroatoms. The monoisotopic (exact) mass is 176 g/mol. The molecule has 1 aliphatic carbocycles. The van der Waals surface area contributed by atoms with Gasteiger partial charge in [0.05, 0.1) is 0 Å². The maximum absolute atomic E-state index is 9.61. The first-order valence-electron chi connectivity index (χ1n) is 4.40. The Balaban J connectivity index is 2.66. The first kappa shape index (κ1) is 8.17. The summed E-state index contributed by atoms with van der Waals surface area (Å²) < 4.78 is 0. The van der Waals surface area contributed by atoms with Crippen molar-refractivity contribution < 1.29 is 10.2 Å². The summed E-state index contributed by atoms with van der Waals surface area (Å²) in [5, 5.41) is 18.9. The van der Waals surface area contributed by atoms with E-state index in [-0.39, 0.29) is 11.5 Å². The van der Waals surface area contributed by atoms with E-state index in [1.54, 1.807) is 6.07 Å². The van der Waals surface area contributed by atoms with Crippen molar-refractivity contribution in [2.24, 2.45) is 0 Å². The van der Waals surface area contributed by atoms with Gasteiger partial charge in [-0.1, -0.05) is 6.08 Å². The van der Waals surface area contributed by atoms with Crippen LogP contribution in [-0.2, 0) is 6.42 Å². The van der Waals surface area contributed by atoms with Gasteiger partial charge < -0.3 is 10.2 Å². The lowest BCUT2D eigenvalue weighted by molar-refractivity contribution is 0.447. The molecule has 0 spiro atoms. The SMILES string of the molecule is CC1=CCCc2cc(O)cc(O)c21. The molecule has 0 fully saturated rings. The van der Waals surface area contributed by atoms with Gasteiger partial charge in [0.15, 0.2) is 0 Å². The molecule has 1 aliphatic rings. The molecule has 0 radical (unpaired) electrons. The van der Waals surface area contributed by atoms with Crippen LogP contribution in [0.3, 0.4) is 0 Å². The molecular formula is C11H12O2. The largest absolute Gasteiger partial charge is 0.508 e. The Kier molecular flexibility index (Phi) is 1.76. The van der Waals surface area contributed by atoms with E-state index in [4.69, 9.17) is 0 Å². The number of rotatable bonds is 0. The Morgan fingerprint density at radius 3 is 2.77 bits per heavy atom. The number of fused-ring (bicyclic) bond motifs is 1. The van der Waals surface area contributed by atoms with Crippen LogP contribution >= 0.6 is 0 Å².